The zero-order chi connectivity index (χ0) is 16.8. The topological polar surface area (TPSA) is 84.3 Å². The number of benzene rings is 2. The maximum Gasteiger partial charge on any atom is 0.271 e. The van der Waals surface area contributed by atoms with Gasteiger partial charge in [0.2, 0.25) is 5.91 Å². The van der Waals surface area contributed by atoms with Crippen LogP contribution in [0.4, 0.5) is 11.4 Å². The lowest BCUT2D eigenvalue weighted by atomic mass is 10.1. The fourth-order valence-electron chi connectivity index (χ4n) is 2.04. The number of hydrogen-bond donors (Lipinski definition) is 2. The monoisotopic (exact) mass is 377 g/mol. The van der Waals surface area contributed by atoms with Crippen LogP contribution >= 0.6 is 15.9 Å². The van der Waals surface area contributed by atoms with Crippen molar-refractivity contribution in [2.24, 2.45) is 0 Å². The fourth-order valence-corrected chi connectivity index (χ4v) is 2.30. The van der Waals surface area contributed by atoms with Crippen LogP contribution in [0.2, 0.25) is 0 Å². The Hall–Kier alpha value is -2.41. The van der Waals surface area contributed by atoms with Gasteiger partial charge in [0.1, 0.15) is 0 Å². The summed E-state index contributed by atoms with van der Waals surface area (Å²) < 4.78 is 0.979. The molecule has 0 heterocycles. The molecular formula is C16H16BrN3O3. The standard InChI is InChI=1S/C16H16BrN3O3/c1-11(12-5-7-13(17)8-6-12)19-16(21)10-18-14-3-2-4-15(9-14)20(22)23/h2-9,11,18H,10H2,1H3,(H,19,21)/t11-/m1/s1. The Kier molecular flexibility index (Phi) is 5.70. The number of carbonyl (C=O) groups is 1. The van der Waals surface area contributed by atoms with Crippen molar-refractivity contribution in [3.8, 4) is 0 Å². The molecule has 0 saturated heterocycles. The lowest BCUT2D eigenvalue weighted by molar-refractivity contribution is -0.384. The molecule has 0 aliphatic heterocycles. The third kappa shape index (κ3) is 5.07. The van der Waals surface area contributed by atoms with Gasteiger partial charge in [-0.2, -0.15) is 0 Å². The summed E-state index contributed by atoms with van der Waals surface area (Å²) in [6, 6.07) is 13.6. The number of anilines is 1. The molecule has 6 nitrogen and oxygen atoms in total. The molecule has 2 N–H and O–H groups in total. The number of non-ortho nitro benzene ring substituents is 1. The van der Waals surface area contributed by atoms with E-state index in [0.717, 1.165) is 10.0 Å². The average Bonchev–Trinajstić information content (AvgIpc) is 2.53. The van der Waals surface area contributed by atoms with E-state index >= 15 is 0 Å². The fraction of sp³-hybridized carbons (Fsp3) is 0.188. The lowest BCUT2D eigenvalue weighted by Gasteiger charge is -2.15. The Morgan fingerprint density at radius 2 is 1.96 bits per heavy atom. The van der Waals surface area contributed by atoms with Crippen LogP contribution in [0.15, 0.2) is 53.0 Å². The van der Waals surface area contributed by atoms with Crippen LogP contribution in [0.1, 0.15) is 18.5 Å². The second kappa shape index (κ2) is 7.73. The quantitative estimate of drug-likeness (QED) is 0.594. The summed E-state index contributed by atoms with van der Waals surface area (Å²) in [4.78, 5) is 22.2. The highest BCUT2D eigenvalue weighted by Gasteiger charge is 2.10. The largest absolute Gasteiger partial charge is 0.376 e. The molecule has 7 heteroatoms. The van der Waals surface area contributed by atoms with Gasteiger partial charge in [-0.15, -0.1) is 0 Å². The number of amides is 1. The Labute approximate surface area is 142 Å². The highest BCUT2D eigenvalue weighted by atomic mass is 79.9. The van der Waals surface area contributed by atoms with Crippen molar-refractivity contribution in [2.45, 2.75) is 13.0 Å². The number of nitrogens with zero attached hydrogens (tertiary/aromatic N) is 1. The van der Waals surface area contributed by atoms with E-state index in [2.05, 4.69) is 26.6 Å². The van der Waals surface area contributed by atoms with E-state index in [-0.39, 0.29) is 24.2 Å². The highest BCUT2D eigenvalue weighted by Crippen LogP contribution is 2.18. The molecule has 0 spiro atoms. The van der Waals surface area contributed by atoms with E-state index in [0.29, 0.717) is 5.69 Å². The SMILES string of the molecule is C[C@@H](NC(=O)CNc1cccc([N+](=O)[O-])c1)c1ccc(Br)cc1. The molecule has 1 amide bonds. The Balaban J connectivity index is 1.88. The van der Waals surface area contributed by atoms with Crippen LogP contribution < -0.4 is 10.6 Å². The molecule has 2 aromatic rings. The van der Waals surface area contributed by atoms with Crippen LogP contribution in [-0.2, 0) is 4.79 Å². The van der Waals surface area contributed by atoms with Gasteiger partial charge < -0.3 is 10.6 Å². The van der Waals surface area contributed by atoms with Gasteiger partial charge in [-0.25, -0.2) is 0 Å². The molecule has 1 atom stereocenters. The van der Waals surface area contributed by atoms with E-state index in [9.17, 15) is 14.9 Å². The first-order chi connectivity index (χ1) is 11.0. The lowest BCUT2D eigenvalue weighted by Crippen LogP contribution is -2.32. The molecule has 23 heavy (non-hydrogen) atoms. The molecule has 0 unspecified atom stereocenters. The molecule has 0 fully saturated rings. The molecule has 0 aliphatic rings. The van der Waals surface area contributed by atoms with Crippen LogP contribution in [0, 0.1) is 10.1 Å². The van der Waals surface area contributed by atoms with Gasteiger partial charge in [0, 0.05) is 22.3 Å². The first-order valence-electron chi connectivity index (χ1n) is 6.99. The molecule has 2 aromatic carbocycles. The summed E-state index contributed by atoms with van der Waals surface area (Å²) >= 11 is 3.37. The maximum atomic E-state index is 12.0. The van der Waals surface area contributed by atoms with E-state index < -0.39 is 4.92 Å². The summed E-state index contributed by atoms with van der Waals surface area (Å²) in [6.07, 6.45) is 0. The predicted octanol–water partition coefficient (Wildman–Crippen LogP) is 3.65. The van der Waals surface area contributed by atoms with E-state index in [1.54, 1.807) is 12.1 Å². The predicted molar refractivity (Wildman–Crippen MR) is 92.3 cm³/mol. The van der Waals surface area contributed by atoms with Gasteiger partial charge in [-0.1, -0.05) is 34.1 Å². The third-order valence-corrected chi connectivity index (χ3v) is 3.79. The van der Waals surface area contributed by atoms with Crippen molar-refractivity contribution >= 4 is 33.2 Å². The van der Waals surface area contributed by atoms with E-state index in [1.165, 1.54) is 12.1 Å². The van der Waals surface area contributed by atoms with Crippen LogP contribution in [0.5, 0.6) is 0 Å². The van der Waals surface area contributed by atoms with Crippen LogP contribution in [0.3, 0.4) is 0 Å². The molecule has 120 valence electrons. The third-order valence-electron chi connectivity index (χ3n) is 3.26. The smallest absolute Gasteiger partial charge is 0.271 e. The number of rotatable bonds is 6. The van der Waals surface area contributed by atoms with Gasteiger partial charge in [0.15, 0.2) is 0 Å². The minimum absolute atomic E-state index is 0.0151. The van der Waals surface area contributed by atoms with Gasteiger partial charge in [0.05, 0.1) is 17.5 Å². The number of nitro benzene ring substituents is 1. The van der Waals surface area contributed by atoms with Crippen LogP contribution in [0.25, 0.3) is 0 Å². The molecule has 0 aromatic heterocycles. The number of hydrogen-bond acceptors (Lipinski definition) is 4. The minimum Gasteiger partial charge on any atom is -0.376 e. The maximum absolute atomic E-state index is 12.0. The summed E-state index contributed by atoms with van der Waals surface area (Å²) in [6.45, 7) is 1.94. The summed E-state index contributed by atoms with van der Waals surface area (Å²) in [5.41, 5.74) is 1.51. The molecule has 0 bridgehead atoms. The number of nitrogens with one attached hydrogen (secondary N) is 2. The number of nitro groups is 1. The van der Waals surface area contributed by atoms with Crippen molar-refractivity contribution in [3.05, 3.63) is 68.7 Å². The van der Waals surface area contributed by atoms with Gasteiger partial charge >= 0.3 is 0 Å². The van der Waals surface area contributed by atoms with E-state index in [1.807, 2.05) is 31.2 Å². The Bertz CT molecular complexity index is 704. The van der Waals surface area contributed by atoms with Crippen molar-refractivity contribution in [1.82, 2.24) is 5.32 Å². The molecule has 2 rings (SSSR count). The molecule has 0 radical (unpaired) electrons. The molecule has 0 saturated carbocycles. The average molecular weight is 378 g/mol. The molecular weight excluding hydrogens is 362 g/mol. The van der Waals surface area contributed by atoms with Crippen molar-refractivity contribution in [1.29, 1.82) is 0 Å². The summed E-state index contributed by atoms with van der Waals surface area (Å²) in [7, 11) is 0. The van der Waals surface area contributed by atoms with Crippen molar-refractivity contribution < 1.29 is 9.72 Å². The van der Waals surface area contributed by atoms with Gasteiger partial charge in [-0.05, 0) is 30.7 Å². The van der Waals surface area contributed by atoms with Gasteiger partial charge in [0.25, 0.3) is 5.69 Å². The minimum atomic E-state index is -0.471. The van der Waals surface area contributed by atoms with Gasteiger partial charge in [-0.3, -0.25) is 14.9 Å². The number of halogens is 1. The summed E-state index contributed by atoms with van der Waals surface area (Å²) in [5.74, 6) is -0.188. The van der Waals surface area contributed by atoms with Crippen LogP contribution in [-0.4, -0.2) is 17.4 Å². The number of carbonyl (C=O) groups excluding carboxylic acids is 1. The zero-order valence-electron chi connectivity index (χ0n) is 12.5. The first-order valence-corrected chi connectivity index (χ1v) is 7.78. The van der Waals surface area contributed by atoms with E-state index in [4.69, 9.17) is 0 Å². The highest BCUT2D eigenvalue weighted by molar-refractivity contribution is 9.10. The zero-order valence-corrected chi connectivity index (χ0v) is 14.0. The van der Waals surface area contributed by atoms with Crippen molar-refractivity contribution in [3.63, 3.8) is 0 Å². The second-order valence-electron chi connectivity index (χ2n) is 5.00. The summed E-state index contributed by atoms with van der Waals surface area (Å²) in [5, 5.41) is 16.5. The Morgan fingerprint density at radius 1 is 1.26 bits per heavy atom. The Morgan fingerprint density at radius 3 is 2.61 bits per heavy atom. The van der Waals surface area contributed by atoms with Crippen molar-refractivity contribution in [2.75, 3.05) is 11.9 Å². The first kappa shape index (κ1) is 17.0. The molecule has 0 aliphatic carbocycles. The normalized spacial score (nSPS) is 11.6. The second-order valence-corrected chi connectivity index (χ2v) is 5.92.